The van der Waals surface area contributed by atoms with E-state index in [-0.39, 0.29) is 17.9 Å². The van der Waals surface area contributed by atoms with Gasteiger partial charge in [-0.1, -0.05) is 56.0 Å². The Morgan fingerprint density at radius 2 is 1.55 bits per heavy atom. The predicted molar refractivity (Wildman–Crippen MR) is 123 cm³/mol. The first kappa shape index (κ1) is 21.2. The van der Waals surface area contributed by atoms with Crippen molar-refractivity contribution in [2.24, 2.45) is 0 Å². The fraction of sp³-hybridized carbons (Fsp3) is 0.385. The fourth-order valence-electron chi connectivity index (χ4n) is 4.62. The van der Waals surface area contributed by atoms with Crippen LogP contribution < -0.4 is 9.64 Å². The molecule has 4 rings (SSSR count). The molecular formula is C26H30N2O3. The average Bonchev–Trinajstić information content (AvgIpc) is 2.95. The van der Waals surface area contributed by atoms with E-state index >= 15 is 0 Å². The van der Waals surface area contributed by atoms with E-state index in [0.29, 0.717) is 17.9 Å². The molecule has 0 radical (unpaired) electrons. The predicted octanol–water partition coefficient (Wildman–Crippen LogP) is 5.02. The van der Waals surface area contributed by atoms with Crippen LogP contribution in [-0.2, 0) is 9.59 Å². The van der Waals surface area contributed by atoms with E-state index in [9.17, 15) is 9.59 Å². The van der Waals surface area contributed by atoms with Crippen molar-refractivity contribution in [2.45, 2.75) is 51.5 Å². The second-order valence-electron chi connectivity index (χ2n) is 8.20. The highest BCUT2D eigenvalue weighted by molar-refractivity contribution is 6.36. The maximum absolute atomic E-state index is 13.7. The van der Waals surface area contributed by atoms with Crippen LogP contribution in [0.5, 0.6) is 5.75 Å². The van der Waals surface area contributed by atoms with Crippen molar-refractivity contribution in [2.75, 3.05) is 18.6 Å². The van der Waals surface area contributed by atoms with E-state index in [1.165, 1.54) is 17.7 Å². The smallest absolute Gasteiger partial charge is 0.278 e. The normalized spacial score (nSPS) is 17.8. The molecule has 2 aromatic carbocycles. The molecule has 0 unspecified atom stereocenters. The van der Waals surface area contributed by atoms with Crippen LogP contribution in [0.15, 0.2) is 60.3 Å². The molecule has 2 aliphatic rings. The Morgan fingerprint density at radius 3 is 2.16 bits per heavy atom. The Bertz CT molecular complexity index is 958. The summed E-state index contributed by atoms with van der Waals surface area (Å²) in [5.41, 5.74) is 2.55. The molecule has 0 spiro atoms. The number of anilines is 1. The van der Waals surface area contributed by atoms with E-state index < -0.39 is 0 Å². The second-order valence-corrected chi connectivity index (χ2v) is 8.20. The summed E-state index contributed by atoms with van der Waals surface area (Å²) >= 11 is 0. The maximum Gasteiger partial charge on any atom is 0.278 e. The summed E-state index contributed by atoms with van der Waals surface area (Å²) < 4.78 is 5.56. The average molecular weight is 419 g/mol. The summed E-state index contributed by atoms with van der Waals surface area (Å²) in [6, 6.07) is 17.2. The number of benzene rings is 2. The molecule has 2 aromatic rings. The van der Waals surface area contributed by atoms with Crippen molar-refractivity contribution in [3.8, 4) is 5.75 Å². The van der Waals surface area contributed by atoms with Crippen molar-refractivity contribution in [3.05, 3.63) is 65.9 Å². The number of amides is 2. The summed E-state index contributed by atoms with van der Waals surface area (Å²) in [5.74, 6) is 0.383. The number of carbonyl (C=O) groups excluding carboxylic acids is 2. The zero-order valence-electron chi connectivity index (χ0n) is 18.3. The van der Waals surface area contributed by atoms with Gasteiger partial charge < -0.3 is 9.64 Å². The lowest BCUT2D eigenvalue weighted by Crippen LogP contribution is -2.42. The SMILES string of the molecule is CCOc1ccc(C2=C(N(C)c3ccccc3)C(=O)N(C3CCCCCC3)C2=O)cc1. The molecule has 0 bridgehead atoms. The molecule has 31 heavy (non-hydrogen) atoms. The molecule has 2 amide bonds. The van der Waals surface area contributed by atoms with Gasteiger partial charge in [0.05, 0.1) is 12.2 Å². The van der Waals surface area contributed by atoms with Crippen LogP contribution in [0.4, 0.5) is 5.69 Å². The molecule has 5 nitrogen and oxygen atoms in total. The first-order valence-corrected chi connectivity index (χ1v) is 11.3. The van der Waals surface area contributed by atoms with Gasteiger partial charge in [-0.2, -0.15) is 0 Å². The van der Waals surface area contributed by atoms with E-state index in [2.05, 4.69) is 0 Å². The number of imide groups is 1. The van der Waals surface area contributed by atoms with Gasteiger partial charge in [-0.25, -0.2) is 0 Å². The molecule has 1 aliphatic heterocycles. The number of para-hydroxylation sites is 1. The third kappa shape index (κ3) is 4.22. The summed E-state index contributed by atoms with van der Waals surface area (Å²) in [4.78, 5) is 30.7. The molecule has 0 saturated heterocycles. The second kappa shape index (κ2) is 9.38. The van der Waals surface area contributed by atoms with E-state index in [4.69, 9.17) is 4.74 Å². The van der Waals surface area contributed by atoms with Crippen LogP contribution in [0.1, 0.15) is 51.0 Å². The lowest BCUT2D eigenvalue weighted by Gasteiger charge is -2.27. The van der Waals surface area contributed by atoms with Gasteiger partial charge in [0.1, 0.15) is 11.4 Å². The van der Waals surface area contributed by atoms with Crippen molar-refractivity contribution in [1.29, 1.82) is 0 Å². The van der Waals surface area contributed by atoms with Gasteiger partial charge in [0, 0.05) is 18.8 Å². The number of rotatable bonds is 6. The monoisotopic (exact) mass is 418 g/mol. The number of carbonyl (C=O) groups is 2. The highest BCUT2D eigenvalue weighted by Gasteiger charge is 2.44. The number of likely N-dealkylation sites (N-methyl/N-ethyl adjacent to an activating group) is 1. The number of hydrogen-bond acceptors (Lipinski definition) is 4. The van der Waals surface area contributed by atoms with E-state index in [1.54, 1.807) is 0 Å². The molecule has 0 atom stereocenters. The minimum Gasteiger partial charge on any atom is -0.494 e. The quantitative estimate of drug-likeness (QED) is 0.488. The van der Waals surface area contributed by atoms with Crippen LogP contribution in [-0.4, -0.2) is 36.4 Å². The highest BCUT2D eigenvalue weighted by Crippen LogP contribution is 2.37. The van der Waals surface area contributed by atoms with Crippen LogP contribution >= 0.6 is 0 Å². The molecule has 0 aromatic heterocycles. The summed E-state index contributed by atoms with van der Waals surface area (Å²) in [6.07, 6.45) is 6.23. The number of nitrogens with zero attached hydrogens (tertiary/aromatic N) is 2. The molecular weight excluding hydrogens is 388 g/mol. The molecule has 1 heterocycles. The zero-order chi connectivity index (χ0) is 21.8. The Balaban J connectivity index is 1.77. The molecule has 5 heteroatoms. The van der Waals surface area contributed by atoms with Gasteiger partial charge in [0.2, 0.25) is 0 Å². The van der Waals surface area contributed by atoms with Gasteiger partial charge in [-0.3, -0.25) is 14.5 Å². The highest BCUT2D eigenvalue weighted by atomic mass is 16.5. The summed E-state index contributed by atoms with van der Waals surface area (Å²) in [6.45, 7) is 2.52. The van der Waals surface area contributed by atoms with Crippen LogP contribution in [0.2, 0.25) is 0 Å². The summed E-state index contributed by atoms with van der Waals surface area (Å²) in [5, 5.41) is 0. The van der Waals surface area contributed by atoms with Crippen molar-refractivity contribution in [3.63, 3.8) is 0 Å². The van der Waals surface area contributed by atoms with E-state index in [0.717, 1.165) is 42.7 Å². The fourth-order valence-corrected chi connectivity index (χ4v) is 4.62. The van der Waals surface area contributed by atoms with Crippen LogP contribution in [0, 0.1) is 0 Å². The van der Waals surface area contributed by atoms with Crippen molar-refractivity contribution < 1.29 is 14.3 Å². The standard InChI is InChI=1S/C26H30N2O3/c1-3-31-22-17-15-19(16-18-22)23-24(27(2)20-11-9-6-10-12-20)26(30)28(25(23)29)21-13-7-4-5-8-14-21/h6,9-12,15-18,21H,3-5,7-8,13-14H2,1-2H3. The maximum atomic E-state index is 13.7. The Labute approximate surface area is 184 Å². The minimum absolute atomic E-state index is 0.0260. The topological polar surface area (TPSA) is 49.9 Å². The van der Waals surface area contributed by atoms with Gasteiger partial charge in [0.15, 0.2) is 0 Å². The third-order valence-corrected chi connectivity index (χ3v) is 6.21. The van der Waals surface area contributed by atoms with Gasteiger partial charge >= 0.3 is 0 Å². The largest absolute Gasteiger partial charge is 0.494 e. The summed E-state index contributed by atoms with van der Waals surface area (Å²) in [7, 11) is 1.86. The Morgan fingerprint density at radius 1 is 0.903 bits per heavy atom. The minimum atomic E-state index is -0.188. The molecule has 162 valence electrons. The number of hydrogen-bond donors (Lipinski definition) is 0. The first-order chi connectivity index (χ1) is 15.1. The van der Waals surface area contributed by atoms with E-state index in [1.807, 2.05) is 73.5 Å². The van der Waals surface area contributed by atoms with Gasteiger partial charge in [-0.15, -0.1) is 0 Å². The van der Waals surface area contributed by atoms with Gasteiger partial charge in [-0.05, 0) is 49.6 Å². The van der Waals surface area contributed by atoms with Gasteiger partial charge in [0.25, 0.3) is 11.8 Å². The molecule has 1 aliphatic carbocycles. The Hall–Kier alpha value is -3.08. The number of ether oxygens (including phenoxy) is 1. The lowest BCUT2D eigenvalue weighted by molar-refractivity contribution is -0.139. The molecule has 1 saturated carbocycles. The van der Waals surface area contributed by atoms with Crippen LogP contribution in [0.25, 0.3) is 5.57 Å². The molecule has 1 fully saturated rings. The third-order valence-electron chi connectivity index (χ3n) is 6.21. The Kier molecular flexibility index (Phi) is 6.40. The first-order valence-electron chi connectivity index (χ1n) is 11.3. The zero-order valence-corrected chi connectivity index (χ0v) is 18.3. The van der Waals surface area contributed by atoms with Crippen molar-refractivity contribution in [1.82, 2.24) is 4.90 Å². The lowest BCUT2D eigenvalue weighted by atomic mass is 10.0. The van der Waals surface area contributed by atoms with Crippen LogP contribution in [0.3, 0.4) is 0 Å². The van der Waals surface area contributed by atoms with Crippen molar-refractivity contribution >= 4 is 23.1 Å². The molecule has 0 N–H and O–H groups in total.